The predicted octanol–water partition coefficient (Wildman–Crippen LogP) is 5.07. The highest BCUT2D eigenvalue weighted by molar-refractivity contribution is 5.95. The third kappa shape index (κ3) is 3.24. The van der Waals surface area contributed by atoms with Gasteiger partial charge < -0.3 is 4.90 Å². The zero-order valence-electron chi connectivity index (χ0n) is 15.2. The minimum Gasteiger partial charge on any atom is -0.302 e. The molecule has 0 N–H and O–H groups in total. The van der Waals surface area contributed by atoms with Crippen LogP contribution in [-0.4, -0.2) is 30.3 Å². The molecule has 1 aliphatic heterocycles. The molecule has 1 unspecified atom stereocenters. The normalized spacial score (nSPS) is 19.4. The average molecular weight is 349 g/mol. The number of carbonyl (C=O) groups is 1. The number of nitrogens with zero attached hydrogens (tertiary/aromatic N) is 1. The van der Waals surface area contributed by atoms with Crippen LogP contribution in [0.25, 0.3) is 5.57 Å². The minimum absolute atomic E-state index is 0.102. The molecule has 134 valence electrons. The highest BCUT2D eigenvalue weighted by Gasteiger charge is 2.33. The molecule has 1 atom stereocenters. The Bertz CT molecular complexity index is 853. The Morgan fingerprint density at radius 2 is 1.92 bits per heavy atom. The fourth-order valence-corrected chi connectivity index (χ4v) is 4.41. The first-order chi connectivity index (χ1) is 12.6. The molecule has 2 aliphatic rings. The van der Waals surface area contributed by atoms with E-state index in [0.717, 1.165) is 32.5 Å². The van der Waals surface area contributed by atoms with E-state index in [1.165, 1.54) is 28.8 Å². The molecular formula is C23H24FNO. The number of ketones is 1. The summed E-state index contributed by atoms with van der Waals surface area (Å²) in [5, 5.41) is 0. The SMILES string of the molecule is CC1=C2CCN(CCCC(=O)c3ccc(F)cc3)CC2c2ccccc21. The summed E-state index contributed by atoms with van der Waals surface area (Å²) in [4.78, 5) is 14.7. The Morgan fingerprint density at radius 1 is 1.15 bits per heavy atom. The number of halogens is 1. The number of likely N-dealkylation sites (tertiary alicyclic amines) is 1. The van der Waals surface area contributed by atoms with Crippen LogP contribution < -0.4 is 0 Å². The van der Waals surface area contributed by atoms with E-state index < -0.39 is 0 Å². The second-order valence-electron chi connectivity index (χ2n) is 7.37. The van der Waals surface area contributed by atoms with E-state index in [1.54, 1.807) is 17.7 Å². The summed E-state index contributed by atoms with van der Waals surface area (Å²) < 4.78 is 13.0. The zero-order chi connectivity index (χ0) is 18.1. The fraction of sp³-hybridized carbons (Fsp3) is 0.348. The van der Waals surface area contributed by atoms with E-state index >= 15 is 0 Å². The van der Waals surface area contributed by atoms with Crippen LogP contribution in [0.3, 0.4) is 0 Å². The maximum absolute atomic E-state index is 13.0. The maximum Gasteiger partial charge on any atom is 0.162 e. The second-order valence-corrected chi connectivity index (χ2v) is 7.37. The third-order valence-electron chi connectivity index (χ3n) is 5.83. The van der Waals surface area contributed by atoms with Crippen molar-refractivity contribution < 1.29 is 9.18 Å². The molecule has 1 heterocycles. The number of hydrogen-bond acceptors (Lipinski definition) is 2. The number of piperidine rings is 1. The Morgan fingerprint density at radius 3 is 2.73 bits per heavy atom. The van der Waals surface area contributed by atoms with E-state index in [1.807, 2.05) is 0 Å². The Balaban J connectivity index is 1.34. The molecule has 2 nitrogen and oxygen atoms in total. The molecule has 1 aliphatic carbocycles. The van der Waals surface area contributed by atoms with Crippen molar-refractivity contribution in [3.8, 4) is 0 Å². The van der Waals surface area contributed by atoms with Crippen molar-refractivity contribution in [3.05, 3.63) is 76.6 Å². The summed E-state index contributed by atoms with van der Waals surface area (Å²) in [6.07, 6.45) is 2.49. The standard InChI is InChI=1S/C23H24FNO/c1-16-19-5-2-3-6-21(19)22-15-25(14-12-20(16)22)13-4-7-23(26)17-8-10-18(24)11-9-17/h2-3,5-6,8-11,22H,4,7,12-15H2,1H3. The summed E-state index contributed by atoms with van der Waals surface area (Å²) in [5.74, 6) is 0.322. The molecule has 0 spiro atoms. The molecule has 0 radical (unpaired) electrons. The van der Waals surface area contributed by atoms with Gasteiger partial charge in [-0.15, -0.1) is 0 Å². The van der Waals surface area contributed by atoms with Crippen molar-refractivity contribution in [2.75, 3.05) is 19.6 Å². The topological polar surface area (TPSA) is 20.3 Å². The predicted molar refractivity (Wildman–Crippen MR) is 103 cm³/mol. The van der Waals surface area contributed by atoms with Gasteiger partial charge in [-0.05, 0) is 67.3 Å². The number of Topliss-reactive ketones (excluding diaryl/α,β-unsaturated/α-hetero) is 1. The molecule has 26 heavy (non-hydrogen) atoms. The zero-order valence-corrected chi connectivity index (χ0v) is 15.2. The molecule has 3 heteroatoms. The van der Waals surface area contributed by atoms with Gasteiger partial charge in [0.15, 0.2) is 5.78 Å². The first kappa shape index (κ1) is 17.2. The molecule has 0 amide bonds. The van der Waals surface area contributed by atoms with Crippen LogP contribution in [-0.2, 0) is 0 Å². The highest BCUT2D eigenvalue weighted by Crippen LogP contribution is 2.45. The first-order valence-electron chi connectivity index (χ1n) is 9.43. The molecule has 0 saturated carbocycles. The van der Waals surface area contributed by atoms with Crippen molar-refractivity contribution in [3.63, 3.8) is 0 Å². The molecule has 0 aromatic heterocycles. The molecule has 0 bridgehead atoms. The van der Waals surface area contributed by atoms with Crippen molar-refractivity contribution in [2.45, 2.75) is 32.1 Å². The van der Waals surface area contributed by atoms with E-state index in [4.69, 9.17) is 0 Å². The van der Waals surface area contributed by atoms with Crippen LogP contribution in [0.2, 0.25) is 0 Å². The van der Waals surface area contributed by atoms with Gasteiger partial charge in [0.2, 0.25) is 0 Å². The van der Waals surface area contributed by atoms with Gasteiger partial charge in [-0.3, -0.25) is 4.79 Å². The van der Waals surface area contributed by atoms with Crippen LogP contribution in [0, 0.1) is 5.82 Å². The largest absolute Gasteiger partial charge is 0.302 e. The molecular weight excluding hydrogens is 325 g/mol. The van der Waals surface area contributed by atoms with Crippen molar-refractivity contribution in [2.24, 2.45) is 0 Å². The second kappa shape index (κ2) is 7.16. The Hall–Kier alpha value is -2.26. The smallest absolute Gasteiger partial charge is 0.162 e. The van der Waals surface area contributed by atoms with Crippen molar-refractivity contribution >= 4 is 11.4 Å². The van der Waals surface area contributed by atoms with Gasteiger partial charge in [0.25, 0.3) is 0 Å². The molecule has 1 saturated heterocycles. The number of benzene rings is 2. The van der Waals surface area contributed by atoms with E-state index in [-0.39, 0.29) is 11.6 Å². The summed E-state index contributed by atoms with van der Waals surface area (Å²) in [6, 6.07) is 14.6. The Kier molecular flexibility index (Phi) is 4.73. The first-order valence-corrected chi connectivity index (χ1v) is 9.43. The van der Waals surface area contributed by atoms with Crippen LogP contribution in [0.4, 0.5) is 4.39 Å². The third-order valence-corrected chi connectivity index (χ3v) is 5.83. The maximum atomic E-state index is 13.0. The number of carbonyl (C=O) groups excluding carboxylic acids is 1. The molecule has 2 aromatic carbocycles. The van der Waals surface area contributed by atoms with Gasteiger partial charge in [-0.25, -0.2) is 4.39 Å². The van der Waals surface area contributed by atoms with E-state index in [0.29, 0.717) is 17.9 Å². The molecule has 4 rings (SSSR count). The fourth-order valence-electron chi connectivity index (χ4n) is 4.41. The van der Waals surface area contributed by atoms with Crippen molar-refractivity contribution in [1.82, 2.24) is 4.90 Å². The monoisotopic (exact) mass is 349 g/mol. The average Bonchev–Trinajstić information content (AvgIpc) is 2.95. The summed E-state index contributed by atoms with van der Waals surface area (Å²) >= 11 is 0. The molecule has 1 fully saturated rings. The number of fused-ring (bicyclic) bond motifs is 3. The van der Waals surface area contributed by atoms with Gasteiger partial charge in [0.05, 0.1) is 0 Å². The minimum atomic E-state index is -0.300. The van der Waals surface area contributed by atoms with Crippen molar-refractivity contribution in [1.29, 1.82) is 0 Å². The lowest BCUT2D eigenvalue weighted by molar-refractivity contribution is 0.0973. The van der Waals surface area contributed by atoms with Crippen LogP contribution in [0.5, 0.6) is 0 Å². The lowest BCUT2D eigenvalue weighted by Gasteiger charge is -2.33. The van der Waals surface area contributed by atoms with E-state index in [2.05, 4.69) is 36.1 Å². The van der Waals surface area contributed by atoms with E-state index in [9.17, 15) is 9.18 Å². The van der Waals surface area contributed by atoms with Crippen LogP contribution in [0.1, 0.15) is 53.6 Å². The lowest BCUT2D eigenvalue weighted by atomic mass is 9.89. The van der Waals surface area contributed by atoms with Gasteiger partial charge in [-0.2, -0.15) is 0 Å². The number of hydrogen-bond donors (Lipinski definition) is 0. The summed E-state index contributed by atoms with van der Waals surface area (Å²) in [6.45, 7) is 5.32. The lowest BCUT2D eigenvalue weighted by Crippen LogP contribution is -2.35. The Labute approximate surface area is 154 Å². The van der Waals surface area contributed by atoms with Gasteiger partial charge in [0, 0.05) is 31.0 Å². The van der Waals surface area contributed by atoms with Gasteiger partial charge >= 0.3 is 0 Å². The molecule has 2 aromatic rings. The number of rotatable bonds is 5. The summed E-state index contributed by atoms with van der Waals surface area (Å²) in [5.41, 5.74) is 6.56. The summed E-state index contributed by atoms with van der Waals surface area (Å²) in [7, 11) is 0. The highest BCUT2D eigenvalue weighted by atomic mass is 19.1. The van der Waals surface area contributed by atoms with Crippen LogP contribution in [0.15, 0.2) is 54.1 Å². The quantitative estimate of drug-likeness (QED) is 0.703. The number of allylic oxidation sites excluding steroid dienone is 1. The van der Waals surface area contributed by atoms with Gasteiger partial charge in [-0.1, -0.05) is 29.8 Å². The van der Waals surface area contributed by atoms with Gasteiger partial charge in [0.1, 0.15) is 5.82 Å². The van der Waals surface area contributed by atoms with Crippen LogP contribution >= 0.6 is 0 Å².